The first-order chi connectivity index (χ1) is 12.6. The lowest BCUT2D eigenvalue weighted by molar-refractivity contribution is -0.116. The topological polar surface area (TPSA) is 104 Å². The van der Waals surface area contributed by atoms with Gasteiger partial charge in [-0.1, -0.05) is 18.2 Å². The number of amides is 1. The SMILES string of the molecule is COC(=O)c1cc(-c2csc(NC(=O)CCc3ccccc3O)n2)c[nH]1. The quantitative estimate of drug-likeness (QED) is 0.577. The number of para-hydroxylation sites is 1. The molecule has 3 N–H and O–H groups in total. The molecule has 0 radical (unpaired) electrons. The molecule has 0 bridgehead atoms. The van der Waals surface area contributed by atoms with Crippen LogP contribution in [0.3, 0.4) is 0 Å². The average molecular weight is 371 g/mol. The number of phenols is 1. The van der Waals surface area contributed by atoms with Gasteiger partial charge in [-0.15, -0.1) is 11.3 Å². The summed E-state index contributed by atoms with van der Waals surface area (Å²) >= 11 is 1.30. The van der Waals surface area contributed by atoms with Crippen molar-refractivity contribution in [3.8, 4) is 17.0 Å². The van der Waals surface area contributed by atoms with E-state index in [1.54, 1.807) is 35.8 Å². The Bertz CT molecular complexity index is 932. The van der Waals surface area contributed by atoms with Crippen LogP contribution in [0.4, 0.5) is 5.13 Å². The highest BCUT2D eigenvalue weighted by molar-refractivity contribution is 7.14. The second-order valence-electron chi connectivity index (χ2n) is 5.51. The molecule has 0 saturated heterocycles. The molecule has 1 amide bonds. The standard InChI is InChI=1S/C18H17N3O4S/c1-25-17(24)13-8-12(9-19-13)14-10-26-18(20-14)21-16(23)7-6-11-4-2-3-5-15(11)22/h2-5,8-10,19,22H,6-7H2,1H3,(H,20,21,23). The molecule has 0 aliphatic rings. The summed E-state index contributed by atoms with van der Waals surface area (Å²) in [5, 5.41) is 14.7. The van der Waals surface area contributed by atoms with E-state index < -0.39 is 5.97 Å². The van der Waals surface area contributed by atoms with Crippen LogP contribution in [-0.4, -0.2) is 34.1 Å². The van der Waals surface area contributed by atoms with Gasteiger partial charge in [0.2, 0.25) is 5.91 Å². The van der Waals surface area contributed by atoms with Crippen LogP contribution in [0, 0.1) is 0 Å². The molecule has 26 heavy (non-hydrogen) atoms. The highest BCUT2D eigenvalue weighted by Gasteiger charge is 2.13. The molecule has 0 aliphatic heterocycles. The van der Waals surface area contributed by atoms with Gasteiger partial charge in [0.05, 0.1) is 12.8 Å². The Kier molecular flexibility index (Phi) is 5.33. The van der Waals surface area contributed by atoms with E-state index in [9.17, 15) is 14.7 Å². The minimum absolute atomic E-state index is 0.182. The van der Waals surface area contributed by atoms with E-state index in [-0.39, 0.29) is 18.1 Å². The Morgan fingerprint density at radius 1 is 1.35 bits per heavy atom. The van der Waals surface area contributed by atoms with Crippen LogP contribution in [0.25, 0.3) is 11.3 Å². The van der Waals surface area contributed by atoms with Crippen LogP contribution in [0.2, 0.25) is 0 Å². The number of rotatable bonds is 6. The Morgan fingerprint density at radius 3 is 2.92 bits per heavy atom. The summed E-state index contributed by atoms with van der Waals surface area (Å²) in [7, 11) is 1.31. The lowest BCUT2D eigenvalue weighted by atomic mass is 10.1. The van der Waals surface area contributed by atoms with Crippen LogP contribution >= 0.6 is 11.3 Å². The lowest BCUT2D eigenvalue weighted by Gasteiger charge is -2.04. The van der Waals surface area contributed by atoms with Crippen molar-refractivity contribution in [3.63, 3.8) is 0 Å². The number of hydrogen-bond donors (Lipinski definition) is 3. The molecule has 0 unspecified atom stereocenters. The third-order valence-corrected chi connectivity index (χ3v) is 4.51. The van der Waals surface area contributed by atoms with Crippen molar-refractivity contribution in [2.24, 2.45) is 0 Å². The third-order valence-electron chi connectivity index (χ3n) is 3.75. The highest BCUT2D eigenvalue weighted by atomic mass is 32.1. The van der Waals surface area contributed by atoms with Crippen LogP contribution < -0.4 is 5.32 Å². The molecule has 8 heteroatoms. The molecule has 0 aliphatic carbocycles. The number of methoxy groups -OCH3 is 1. The summed E-state index contributed by atoms with van der Waals surface area (Å²) < 4.78 is 4.65. The van der Waals surface area contributed by atoms with Gasteiger partial charge in [-0.05, 0) is 24.1 Å². The van der Waals surface area contributed by atoms with Crippen molar-refractivity contribution in [2.45, 2.75) is 12.8 Å². The van der Waals surface area contributed by atoms with Crippen molar-refractivity contribution in [1.29, 1.82) is 0 Å². The predicted octanol–water partition coefficient (Wildman–Crippen LogP) is 3.20. The fraction of sp³-hybridized carbons (Fsp3) is 0.167. The molecule has 0 spiro atoms. The zero-order chi connectivity index (χ0) is 18.5. The van der Waals surface area contributed by atoms with E-state index in [0.29, 0.717) is 22.9 Å². The number of phenolic OH excluding ortho intramolecular Hbond substituents is 1. The Hall–Kier alpha value is -3.13. The maximum absolute atomic E-state index is 12.1. The van der Waals surface area contributed by atoms with Gasteiger partial charge in [0.25, 0.3) is 0 Å². The number of carbonyl (C=O) groups is 2. The molecule has 2 aromatic heterocycles. The Balaban J connectivity index is 1.59. The van der Waals surface area contributed by atoms with Gasteiger partial charge in [-0.25, -0.2) is 9.78 Å². The van der Waals surface area contributed by atoms with Crippen molar-refractivity contribution in [2.75, 3.05) is 12.4 Å². The van der Waals surface area contributed by atoms with Gasteiger partial charge in [-0.3, -0.25) is 4.79 Å². The summed E-state index contributed by atoms with van der Waals surface area (Å²) in [6, 6.07) is 8.58. The van der Waals surface area contributed by atoms with Crippen molar-refractivity contribution >= 4 is 28.3 Å². The lowest BCUT2D eigenvalue weighted by Crippen LogP contribution is -2.12. The number of ether oxygens (including phenoxy) is 1. The number of anilines is 1. The average Bonchev–Trinajstić information content (AvgIpc) is 3.29. The van der Waals surface area contributed by atoms with Gasteiger partial charge in [0, 0.05) is 23.6 Å². The van der Waals surface area contributed by atoms with Gasteiger partial charge in [-0.2, -0.15) is 0 Å². The second kappa shape index (κ2) is 7.83. The first kappa shape index (κ1) is 17.7. The fourth-order valence-electron chi connectivity index (χ4n) is 2.39. The third kappa shape index (κ3) is 4.09. The van der Waals surface area contributed by atoms with Crippen molar-refractivity contribution in [1.82, 2.24) is 9.97 Å². The summed E-state index contributed by atoms with van der Waals surface area (Å²) in [6.45, 7) is 0. The molecule has 7 nitrogen and oxygen atoms in total. The number of hydrogen-bond acceptors (Lipinski definition) is 6. The Morgan fingerprint density at radius 2 is 2.15 bits per heavy atom. The van der Waals surface area contributed by atoms with Crippen molar-refractivity contribution < 1.29 is 19.4 Å². The molecular formula is C18H17N3O4S. The zero-order valence-corrected chi connectivity index (χ0v) is 14.8. The first-order valence-electron chi connectivity index (χ1n) is 7.86. The van der Waals surface area contributed by atoms with Crippen LogP contribution in [0.5, 0.6) is 5.75 Å². The molecule has 0 atom stereocenters. The number of esters is 1. The fourth-order valence-corrected chi connectivity index (χ4v) is 3.12. The van der Waals surface area contributed by atoms with Gasteiger partial charge in [0.1, 0.15) is 11.4 Å². The monoisotopic (exact) mass is 371 g/mol. The second-order valence-corrected chi connectivity index (χ2v) is 6.37. The van der Waals surface area contributed by atoms with E-state index in [1.165, 1.54) is 18.4 Å². The number of nitrogens with one attached hydrogen (secondary N) is 2. The zero-order valence-electron chi connectivity index (χ0n) is 14.0. The maximum atomic E-state index is 12.1. The number of carbonyl (C=O) groups excluding carboxylic acids is 2. The van der Waals surface area contributed by atoms with E-state index in [0.717, 1.165) is 11.1 Å². The van der Waals surface area contributed by atoms with Gasteiger partial charge >= 0.3 is 5.97 Å². The molecule has 0 fully saturated rings. The highest BCUT2D eigenvalue weighted by Crippen LogP contribution is 2.26. The van der Waals surface area contributed by atoms with E-state index in [4.69, 9.17) is 0 Å². The molecule has 1 aromatic carbocycles. The van der Waals surface area contributed by atoms with Crippen LogP contribution in [0.1, 0.15) is 22.5 Å². The Labute approximate surface area is 153 Å². The number of nitrogens with zero attached hydrogens (tertiary/aromatic N) is 1. The molecule has 134 valence electrons. The van der Waals surface area contributed by atoms with E-state index >= 15 is 0 Å². The maximum Gasteiger partial charge on any atom is 0.354 e. The molecule has 2 heterocycles. The smallest absolute Gasteiger partial charge is 0.354 e. The number of aromatic hydroxyl groups is 1. The summed E-state index contributed by atoms with van der Waals surface area (Å²) in [5.74, 6) is -0.451. The molecular weight excluding hydrogens is 354 g/mol. The first-order valence-corrected chi connectivity index (χ1v) is 8.74. The van der Waals surface area contributed by atoms with E-state index in [2.05, 4.69) is 20.0 Å². The van der Waals surface area contributed by atoms with Gasteiger partial charge < -0.3 is 20.1 Å². The molecule has 0 saturated carbocycles. The summed E-state index contributed by atoms with van der Waals surface area (Å²) in [6.07, 6.45) is 2.34. The normalized spacial score (nSPS) is 10.5. The minimum Gasteiger partial charge on any atom is -0.508 e. The molecule has 3 aromatic rings. The number of aromatic nitrogens is 2. The van der Waals surface area contributed by atoms with E-state index in [1.807, 2.05) is 6.07 Å². The molecule has 3 rings (SSSR count). The summed E-state index contributed by atoms with van der Waals surface area (Å²) in [5.41, 5.74) is 2.45. The number of benzene rings is 1. The van der Waals surface area contributed by atoms with Crippen LogP contribution in [0.15, 0.2) is 41.9 Å². The number of H-pyrrole nitrogens is 1. The number of aromatic amines is 1. The largest absolute Gasteiger partial charge is 0.508 e. The summed E-state index contributed by atoms with van der Waals surface area (Å²) in [4.78, 5) is 30.7. The number of aryl methyl sites for hydroxylation is 1. The number of thiazole rings is 1. The predicted molar refractivity (Wildman–Crippen MR) is 98.3 cm³/mol. The van der Waals surface area contributed by atoms with Crippen LogP contribution in [-0.2, 0) is 16.0 Å². The van der Waals surface area contributed by atoms with Gasteiger partial charge in [0.15, 0.2) is 5.13 Å². The minimum atomic E-state index is -0.454. The van der Waals surface area contributed by atoms with Crippen molar-refractivity contribution in [3.05, 3.63) is 53.2 Å².